The molecular formula is C95H111N19O6. The highest BCUT2D eigenvalue weighted by atomic mass is 16.6. The summed E-state index contributed by atoms with van der Waals surface area (Å²) in [5.74, 6) is 0.566. The van der Waals surface area contributed by atoms with E-state index in [1.165, 1.54) is 66.3 Å². The van der Waals surface area contributed by atoms with Gasteiger partial charge in [-0.1, -0.05) is 179 Å². The summed E-state index contributed by atoms with van der Waals surface area (Å²) in [6.45, 7) is 12.6. The minimum Gasteiger partial charge on any atom is -0.446 e. The molecule has 0 radical (unpaired) electrons. The van der Waals surface area contributed by atoms with Gasteiger partial charge in [-0.2, -0.15) is 19.8 Å². The fourth-order valence-electron chi connectivity index (χ4n) is 15.2. The highest BCUT2D eigenvalue weighted by molar-refractivity contribution is 6.15. The lowest BCUT2D eigenvalue weighted by Gasteiger charge is -2.38. The van der Waals surface area contributed by atoms with Crippen LogP contribution in [0.15, 0.2) is 223 Å². The Morgan fingerprint density at radius 2 is 0.842 bits per heavy atom. The number of alkyl carbamates (subject to hydrolysis) is 1. The topological polar surface area (TPSA) is 443 Å². The number of benzene rings is 9. The summed E-state index contributed by atoms with van der Waals surface area (Å²) in [5, 5.41) is 52.8. The second-order valence-electron chi connectivity index (χ2n) is 29.8. The summed E-state index contributed by atoms with van der Waals surface area (Å²) in [5.41, 5.74) is 67.5. The van der Waals surface area contributed by atoms with Gasteiger partial charge in [-0.15, -0.1) is 30.6 Å². The minimum absolute atomic E-state index is 0. The largest absolute Gasteiger partial charge is 0.446 e. The SMILES string of the molecule is C.Cc1cc(C)cc(N)c1.Cc1cc(C)cc(NC(=O)OC2/C=C/CCCCC2)c1.Cc1ccc(CNC(=O)OC2CCCCCC3C(c4ccccc4N)=NN=C(c4ccccc4N)C23)c(C)c1.N#N.Nc1ccccc1-c1nnc(-c2ccccc2N)c2c1CCCCCC2.Nc1ccccc1-c1nnc(-c2ccccc2N)nn1.O=C=O. The molecule has 2 aromatic heterocycles. The highest BCUT2D eigenvalue weighted by Crippen LogP contribution is 2.41. The van der Waals surface area contributed by atoms with E-state index in [1.807, 2.05) is 198 Å². The molecule has 25 nitrogen and oxygen atoms in total. The van der Waals surface area contributed by atoms with Crippen LogP contribution >= 0.6 is 0 Å². The average Bonchev–Trinajstić information content (AvgIpc) is 0.762. The van der Waals surface area contributed by atoms with Gasteiger partial charge in [0.05, 0.1) is 22.8 Å². The Balaban J connectivity index is 0.000000194. The van der Waals surface area contributed by atoms with E-state index in [4.69, 9.17) is 80.2 Å². The van der Waals surface area contributed by atoms with Gasteiger partial charge in [0.2, 0.25) is 11.6 Å². The first-order valence-corrected chi connectivity index (χ1v) is 40.1. The number of hydrogen-bond donors (Lipinski definition) is 9. The number of carbonyl (C=O) groups excluding carboxylic acids is 4. The zero-order chi connectivity index (χ0) is 85.2. The summed E-state index contributed by atoms with van der Waals surface area (Å²) in [6.07, 6.45) is 20.2. The Morgan fingerprint density at radius 3 is 1.31 bits per heavy atom. The number of rotatable bonds is 11. The van der Waals surface area contributed by atoms with E-state index in [9.17, 15) is 9.59 Å². The van der Waals surface area contributed by atoms with E-state index in [2.05, 4.69) is 85.4 Å². The van der Waals surface area contributed by atoms with Crippen molar-refractivity contribution in [2.75, 3.05) is 45.5 Å². The maximum Gasteiger partial charge on any atom is 0.412 e. The number of nitrogens with two attached hydrogens (primary N) is 7. The van der Waals surface area contributed by atoms with Crippen molar-refractivity contribution in [2.45, 2.75) is 170 Å². The lowest BCUT2D eigenvalue weighted by atomic mass is 9.71. The Labute approximate surface area is 703 Å². The van der Waals surface area contributed by atoms with Crippen LogP contribution in [-0.4, -0.2) is 72.6 Å². The van der Waals surface area contributed by atoms with E-state index in [0.29, 0.717) is 52.1 Å². The van der Waals surface area contributed by atoms with Crippen LogP contribution in [0.5, 0.6) is 0 Å². The lowest BCUT2D eigenvalue weighted by Crippen LogP contribution is -2.45. The number of nitrogens with zero attached hydrogens (tertiary/aromatic N) is 10. The van der Waals surface area contributed by atoms with E-state index in [1.54, 1.807) is 12.1 Å². The predicted octanol–water partition coefficient (Wildman–Crippen LogP) is 19.3. The number of para-hydroxylation sites is 6. The molecule has 9 aromatic carbocycles. The van der Waals surface area contributed by atoms with Gasteiger partial charge in [0.25, 0.3) is 0 Å². The van der Waals surface area contributed by atoms with Gasteiger partial charge < -0.3 is 54.9 Å². The molecular weight excluding hydrogens is 1500 g/mol. The third kappa shape index (κ3) is 26.3. The second kappa shape index (κ2) is 46.7. The predicted molar refractivity (Wildman–Crippen MR) is 480 cm³/mol. The Morgan fingerprint density at radius 1 is 0.433 bits per heavy atom. The molecule has 0 saturated heterocycles. The Kier molecular flexibility index (Phi) is 35.6. The van der Waals surface area contributed by atoms with Crippen molar-refractivity contribution in [2.24, 2.45) is 22.0 Å². The van der Waals surface area contributed by atoms with Gasteiger partial charge in [-0.05, 0) is 236 Å². The molecule has 4 aliphatic rings. The number of nitrogens with one attached hydrogen (secondary N) is 2. The second-order valence-corrected chi connectivity index (χ2v) is 29.8. The number of ether oxygens (including phenoxy) is 2. The van der Waals surface area contributed by atoms with Crippen molar-refractivity contribution in [1.82, 2.24) is 35.9 Å². The molecule has 11 aromatic rings. The number of allylic oxidation sites excluding steroid dienone is 1. The van der Waals surface area contributed by atoms with Crippen LogP contribution in [0, 0.1) is 64.2 Å². The first-order valence-electron chi connectivity index (χ1n) is 40.1. The van der Waals surface area contributed by atoms with Gasteiger partial charge in [0.1, 0.15) is 12.2 Å². The third-order valence-electron chi connectivity index (χ3n) is 20.7. The van der Waals surface area contributed by atoms with Gasteiger partial charge in [0, 0.05) is 108 Å². The van der Waals surface area contributed by atoms with Crippen molar-refractivity contribution in [1.29, 1.82) is 10.8 Å². The van der Waals surface area contributed by atoms with Gasteiger partial charge in [-0.25, -0.2) is 9.59 Å². The van der Waals surface area contributed by atoms with Crippen LogP contribution in [0.1, 0.15) is 159 Å². The number of fused-ring (bicyclic) bond motifs is 2. The van der Waals surface area contributed by atoms with Crippen LogP contribution in [0.2, 0.25) is 0 Å². The van der Waals surface area contributed by atoms with E-state index in [0.717, 1.165) is 154 Å². The molecule has 0 bridgehead atoms. The van der Waals surface area contributed by atoms with Crippen LogP contribution < -0.4 is 50.8 Å². The summed E-state index contributed by atoms with van der Waals surface area (Å²) in [7, 11) is 0. The molecule has 4 unspecified atom stereocenters. The maximum atomic E-state index is 13.2. The van der Waals surface area contributed by atoms with Crippen LogP contribution in [0.3, 0.4) is 0 Å². The fraction of sp³-hybridized carbons (Fsp3) is 0.295. The van der Waals surface area contributed by atoms with Crippen molar-refractivity contribution in [3.63, 3.8) is 0 Å². The van der Waals surface area contributed by atoms with Crippen LogP contribution in [0.4, 0.5) is 55.1 Å². The molecule has 25 heteroatoms. The van der Waals surface area contributed by atoms with Crippen LogP contribution in [-0.2, 0) is 38.4 Å². The lowest BCUT2D eigenvalue weighted by molar-refractivity contribution is -0.191. The standard InChI is InChI=1S/C32H37N5O2.C22H24N4.C17H23NO2.C14H12N6.C8H11N.CO2.CH4.N2/c1-20-16-17-22(21(2)18-20)19-35-32(38)39-28-15-5-3-4-12-25-29(28)31(24-11-7-9-14-27(24)34)37-36-30(25)23-10-6-8-13-26(23)33;23-19-13-7-5-11-17(19)21-15-9-3-1-2-4-10-16(15)22(26-25-21)18-12-6-8-14-20(18)24;1-13-10-14(2)12-15(11-13)18-17(19)20-16-8-6-4-3-5-7-9-16;15-11-7-3-1-5-9(11)13-17-19-14(20-18-13)10-6-2-4-8-12(10)16;1-6-3-7(2)5-8(9)4-6;2-1-3;;1-2/h6-11,13-14,16-18,25,28-29H,3-5,12,15,19,33-34H2,1-2H3,(H,35,38);5-8,11-14H,1-4,9-10,23-24H2;6,8,10-12,16H,3-5,7,9H2,1-2H3,(H,18,19);1-8H,15-16H2;3-5H,9H2,1-2H3;;1H4;/b;;8-6+;;;;;. The summed E-state index contributed by atoms with van der Waals surface area (Å²) in [4.78, 5) is 41.4. The number of nitrogen functional groups attached to an aromatic ring is 7. The molecule has 1 fully saturated rings. The van der Waals surface area contributed by atoms with E-state index >= 15 is 0 Å². The normalized spacial score (nSPS) is 15.9. The maximum absolute atomic E-state index is 13.2. The molecule has 1 aliphatic heterocycles. The van der Waals surface area contributed by atoms with Crippen LogP contribution in [0.25, 0.3) is 45.3 Å². The summed E-state index contributed by atoms with van der Waals surface area (Å²) in [6, 6.07) is 64.2. The summed E-state index contributed by atoms with van der Waals surface area (Å²) < 4.78 is 11.7. The molecule has 3 heterocycles. The molecule has 15 rings (SSSR count). The highest BCUT2D eigenvalue weighted by Gasteiger charge is 2.43. The van der Waals surface area contributed by atoms with Gasteiger partial charge >= 0.3 is 18.3 Å². The van der Waals surface area contributed by atoms with Crippen molar-refractivity contribution >= 4 is 75.3 Å². The molecule has 3 aliphatic carbocycles. The van der Waals surface area contributed by atoms with Gasteiger partial charge in [0.15, 0.2) is 0 Å². The number of amides is 2. The quantitative estimate of drug-likeness (QED) is 0.0330. The molecule has 0 spiro atoms. The molecule has 4 atom stereocenters. The number of aromatic nitrogens is 6. The zero-order valence-corrected chi connectivity index (χ0v) is 68.5. The first kappa shape index (κ1) is 91.5. The monoisotopic (exact) mass is 1610 g/mol. The molecule has 1 saturated carbocycles. The fourth-order valence-corrected chi connectivity index (χ4v) is 15.2. The molecule has 120 heavy (non-hydrogen) atoms. The number of hydrogen-bond acceptors (Lipinski definition) is 23. The number of carbonyl (C=O) groups is 2. The van der Waals surface area contributed by atoms with E-state index in [-0.39, 0.29) is 43.7 Å². The average molecular weight is 1620 g/mol. The molecule has 16 N–H and O–H groups in total. The number of aryl methyl sites for hydroxylation is 6. The number of anilines is 8. The summed E-state index contributed by atoms with van der Waals surface area (Å²) >= 11 is 0. The van der Waals surface area contributed by atoms with Gasteiger partial charge in [-0.3, -0.25) is 5.32 Å². The molecule has 2 amide bonds. The first-order chi connectivity index (χ1) is 57.7. The molecule has 622 valence electrons. The minimum atomic E-state index is -0.428. The van der Waals surface area contributed by atoms with Crippen molar-refractivity contribution < 1.29 is 28.7 Å². The van der Waals surface area contributed by atoms with Crippen molar-refractivity contribution in [3.8, 4) is 45.3 Å². The zero-order valence-electron chi connectivity index (χ0n) is 68.5. The smallest absolute Gasteiger partial charge is 0.412 e. The van der Waals surface area contributed by atoms with E-state index < -0.39 is 6.09 Å². The Hall–Kier alpha value is -14.0. The van der Waals surface area contributed by atoms with Crippen molar-refractivity contribution in [3.05, 3.63) is 274 Å². The Bertz CT molecular complexity index is 5160. The third-order valence-corrected chi connectivity index (χ3v) is 20.7.